The van der Waals surface area contributed by atoms with Gasteiger partial charge >= 0.3 is 0 Å². The maximum absolute atomic E-state index is 4.19. The minimum Gasteiger partial charge on any atom is -0.335 e. The van der Waals surface area contributed by atoms with Crippen molar-refractivity contribution in [1.82, 2.24) is 9.55 Å². The maximum Gasteiger partial charge on any atom is 0.131 e. The average Bonchev–Trinajstić information content (AvgIpc) is 2.36. The number of hydrogen-bond donors (Lipinski definition) is 0. The first-order chi connectivity index (χ1) is 5.70. The van der Waals surface area contributed by atoms with Crippen LogP contribution in [0.2, 0.25) is 0 Å². The fraction of sp³-hybridized carbons (Fsp3) is 0.500. The van der Waals surface area contributed by atoms with E-state index in [1.807, 2.05) is 24.0 Å². The zero-order valence-corrected chi connectivity index (χ0v) is 7.99. The van der Waals surface area contributed by atoms with Crippen molar-refractivity contribution in [3.05, 3.63) is 24.3 Å². The van der Waals surface area contributed by atoms with Gasteiger partial charge in [-0.1, -0.05) is 19.9 Å². The normalized spacial score (nSPS) is 11.7. The number of imidazole rings is 1. The highest BCUT2D eigenvalue weighted by Gasteiger charge is 1.92. The van der Waals surface area contributed by atoms with Gasteiger partial charge < -0.3 is 4.57 Å². The van der Waals surface area contributed by atoms with Crippen LogP contribution in [0.3, 0.4) is 0 Å². The van der Waals surface area contributed by atoms with Gasteiger partial charge in [0.2, 0.25) is 0 Å². The van der Waals surface area contributed by atoms with Crippen LogP contribution >= 0.6 is 0 Å². The maximum atomic E-state index is 4.19. The fourth-order valence-electron chi connectivity index (χ4n) is 0.983. The number of rotatable bonds is 3. The molecule has 66 valence electrons. The van der Waals surface area contributed by atoms with Crippen molar-refractivity contribution in [2.45, 2.75) is 20.3 Å². The molecule has 0 spiro atoms. The van der Waals surface area contributed by atoms with Crippen LogP contribution in [0.15, 0.2) is 18.5 Å². The van der Waals surface area contributed by atoms with Crippen LogP contribution < -0.4 is 0 Å². The van der Waals surface area contributed by atoms with E-state index in [4.69, 9.17) is 0 Å². The number of hydrogen-bond acceptors (Lipinski definition) is 1. The second kappa shape index (κ2) is 4.10. The Morgan fingerprint density at radius 1 is 1.58 bits per heavy atom. The summed E-state index contributed by atoms with van der Waals surface area (Å²) in [5.41, 5.74) is 0. The summed E-state index contributed by atoms with van der Waals surface area (Å²) in [4.78, 5) is 4.19. The van der Waals surface area contributed by atoms with Crippen molar-refractivity contribution in [1.29, 1.82) is 0 Å². The predicted octanol–water partition coefficient (Wildman–Crippen LogP) is 2.48. The van der Waals surface area contributed by atoms with Gasteiger partial charge in [-0.2, -0.15) is 0 Å². The first-order valence-corrected chi connectivity index (χ1v) is 4.34. The Hall–Kier alpha value is -1.05. The first-order valence-electron chi connectivity index (χ1n) is 4.34. The van der Waals surface area contributed by atoms with Gasteiger partial charge in [-0.05, 0) is 18.4 Å². The standard InChI is InChI=1S/C10H16N2/c1-9(2)5-4-6-10-11-7-8-12(10)3/h4,6-9H,5H2,1-3H3/b6-4+. The van der Waals surface area contributed by atoms with Crippen LogP contribution in [0.25, 0.3) is 6.08 Å². The molecule has 0 atom stereocenters. The summed E-state index contributed by atoms with van der Waals surface area (Å²) in [7, 11) is 2.00. The van der Waals surface area contributed by atoms with Crippen molar-refractivity contribution < 1.29 is 0 Å². The van der Waals surface area contributed by atoms with Crippen LogP contribution in [-0.4, -0.2) is 9.55 Å². The van der Waals surface area contributed by atoms with Crippen molar-refractivity contribution in [3.63, 3.8) is 0 Å². The topological polar surface area (TPSA) is 17.8 Å². The number of aryl methyl sites for hydroxylation is 1. The van der Waals surface area contributed by atoms with Crippen molar-refractivity contribution >= 4 is 6.08 Å². The Morgan fingerprint density at radius 2 is 2.33 bits per heavy atom. The number of allylic oxidation sites excluding steroid dienone is 1. The molecular formula is C10H16N2. The summed E-state index contributed by atoms with van der Waals surface area (Å²) in [6.07, 6.45) is 9.13. The van der Waals surface area contributed by atoms with Crippen LogP contribution in [0.1, 0.15) is 26.1 Å². The van der Waals surface area contributed by atoms with E-state index in [1.54, 1.807) is 0 Å². The Labute approximate surface area is 73.9 Å². The molecular weight excluding hydrogens is 148 g/mol. The molecule has 0 saturated heterocycles. The third-order valence-corrected chi connectivity index (χ3v) is 1.73. The molecule has 0 aliphatic heterocycles. The summed E-state index contributed by atoms with van der Waals surface area (Å²) in [6, 6.07) is 0. The SMILES string of the molecule is CC(C)C/C=C/c1nccn1C. The van der Waals surface area contributed by atoms with E-state index >= 15 is 0 Å². The van der Waals surface area contributed by atoms with Crippen LogP contribution in [0.4, 0.5) is 0 Å². The lowest BCUT2D eigenvalue weighted by Gasteiger charge is -1.97. The van der Waals surface area contributed by atoms with Gasteiger partial charge in [0.25, 0.3) is 0 Å². The first kappa shape index (κ1) is 9.04. The summed E-state index contributed by atoms with van der Waals surface area (Å²) >= 11 is 0. The Kier molecular flexibility index (Phi) is 3.09. The molecule has 2 nitrogen and oxygen atoms in total. The quantitative estimate of drug-likeness (QED) is 0.671. The molecule has 2 heteroatoms. The highest BCUT2D eigenvalue weighted by atomic mass is 15.0. The third kappa shape index (κ3) is 2.53. The van der Waals surface area contributed by atoms with Gasteiger partial charge in [0.05, 0.1) is 0 Å². The lowest BCUT2D eigenvalue weighted by molar-refractivity contribution is 0.665. The van der Waals surface area contributed by atoms with Crippen molar-refractivity contribution in [2.75, 3.05) is 0 Å². The lowest BCUT2D eigenvalue weighted by atomic mass is 10.1. The van der Waals surface area contributed by atoms with Gasteiger partial charge in [0.15, 0.2) is 0 Å². The smallest absolute Gasteiger partial charge is 0.131 e. The molecule has 0 radical (unpaired) electrons. The van der Waals surface area contributed by atoms with E-state index in [1.165, 1.54) is 0 Å². The van der Waals surface area contributed by atoms with E-state index in [2.05, 4.69) is 31.0 Å². The van der Waals surface area contributed by atoms with Crippen LogP contribution in [0, 0.1) is 5.92 Å². The van der Waals surface area contributed by atoms with Crippen LogP contribution in [0.5, 0.6) is 0 Å². The number of aromatic nitrogens is 2. The van der Waals surface area contributed by atoms with Crippen LogP contribution in [-0.2, 0) is 7.05 Å². The van der Waals surface area contributed by atoms with E-state index in [-0.39, 0.29) is 0 Å². The summed E-state index contributed by atoms with van der Waals surface area (Å²) in [5, 5.41) is 0. The molecule has 0 aliphatic carbocycles. The van der Waals surface area contributed by atoms with Gasteiger partial charge in [-0.15, -0.1) is 0 Å². The predicted molar refractivity (Wildman–Crippen MR) is 51.7 cm³/mol. The molecule has 0 aromatic carbocycles. The van der Waals surface area contributed by atoms with Crippen molar-refractivity contribution in [3.8, 4) is 0 Å². The molecule has 0 N–H and O–H groups in total. The van der Waals surface area contributed by atoms with Gasteiger partial charge in [-0.3, -0.25) is 0 Å². The second-order valence-corrected chi connectivity index (χ2v) is 3.43. The molecule has 1 heterocycles. The minimum atomic E-state index is 0.724. The molecule has 1 aromatic rings. The lowest BCUT2D eigenvalue weighted by Crippen LogP contribution is -1.89. The average molecular weight is 164 g/mol. The second-order valence-electron chi connectivity index (χ2n) is 3.43. The highest BCUT2D eigenvalue weighted by Crippen LogP contribution is 2.03. The van der Waals surface area contributed by atoms with E-state index in [9.17, 15) is 0 Å². The molecule has 0 bridgehead atoms. The Balaban J connectivity index is 2.52. The molecule has 12 heavy (non-hydrogen) atoms. The minimum absolute atomic E-state index is 0.724. The summed E-state index contributed by atoms with van der Waals surface area (Å²) in [6.45, 7) is 4.42. The van der Waals surface area contributed by atoms with Crippen molar-refractivity contribution in [2.24, 2.45) is 13.0 Å². The van der Waals surface area contributed by atoms with E-state index in [0.29, 0.717) is 0 Å². The van der Waals surface area contributed by atoms with E-state index < -0.39 is 0 Å². The zero-order valence-electron chi connectivity index (χ0n) is 7.99. The Morgan fingerprint density at radius 3 is 2.83 bits per heavy atom. The van der Waals surface area contributed by atoms with Gasteiger partial charge in [0, 0.05) is 19.4 Å². The monoisotopic (exact) mass is 164 g/mol. The molecule has 0 saturated carbocycles. The summed E-state index contributed by atoms with van der Waals surface area (Å²) < 4.78 is 2.01. The molecule has 0 aliphatic rings. The molecule has 0 amide bonds. The molecule has 0 fully saturated rings. The number of nitrogens with zero attached hydrogens (tertiary/aromatic N) is 2. The Bertz CT molecular complexity index is 259. The largest absolute Gasteiger partial charge is 0.335 e. The zero-order chi connectivity index (χ0) is 8.97. The molecule has 1 aromatic heterocycles. The summed E-state index contributed by atoms with van der Waals surface area (Å²) in [5.74, 6) is 1.75. The van der Waals surface area contributed by atoms with Gasteiger partial charge in [-0.25, -0.2) is 4.98 Å². The highest BCUT2D eigenvalue weighted by molar-refractivity contribution is 5.39. The molecule has 0 unspecified atom stereocenters. The fourth-order valence-corrected chi connectivity index (χ4v) is 0.983. The molecule has 1 rings (SSSR count). The van der Waals surface area contributed by atoms with Gasteiger partial charge in [0.1, 0.15) is 5.82 Å². The van der Waals surface area contributed by atoms with E-state index in [0.717, 1.165) is 18.2 Å². The third-order valence-electron chi connectivity index (χ3n) is 1.73.